The fourth-order valence-corrected chi connectivity index (χ4v) is 5.51. The zero-order chi connectivity index (χ0) is 41.8. The predicted molar refractivity (Wildman–Crippen MR) is 202 cm³/mol. The fraction of sp³-hybridized carbons (Fsp3) is 0.568. The predicted octanol–water partition coefficient (Wildman–Crippen LogP) is -0.374. The lowest BCUT2D eigenvalue weighted by atomic mass is 9.92. The lowest BCUT2D eigenvalue weighted by Gasteiger charge is -2.35. The minimum atomic E-state index is -1.63. The Morgan fingerprint density at radius 2 is 1.49 bits per heavy atom. The molecule has 18 nitrogen and oxygen atoms in total. The molecule has 0 aliphatic rings. The normalized spacial score (nSPS) is 15.8. The van der Waals surface area contributed by atoms with Gasteiger partial charge >= 0.3 is 5.97 Å². The number of aliphatic carboxylic acids is 1. The van der Waals surface area contributed by atoms with Gasteiger partial charge in [0, 0.05) is 30.4 Å². The number of aromatic nitrogens is 1. The van der Waals surface area contributed by atoms with Gasteiger partial charge < -0.3 is 47.5 Å². The number of aliphatic hydroxyl groups is 1. The molecule has 0 aliphatic heterocycles. The number of fused-ring (bicyclic) bond motifs is 1. The van der Waals surface area contributed by atoms with Crippen molar-refractivity contribution in [1.82, 2.24) is 36.9 Å². The number of imide groups is 1. The molecule has 2 aromatic rings. The van der Waals surface area contributed by atoms with Gasteiger partial charge in [-0.05, 0) is 64.5 Å². The van der Waals surface area contributed by atoms with Gasteiger partial charge in [0.1, 0.15) is 23.2 Å². The number of rotatable bonds is 20. The molecule has 0 radical (unpaired) electrons. The summed E-state index contributed by atoms with van der Waals surface area (Å²) in [5.74, 6) is -7.46. The van der Waals surface area contributed by atoms with Crippen LogP contribution in [0.5, 0.6) is 0 Å². The van der Waals surface area contributed by atoms with Crippen LogP contribution in [0.3, 0.4) is 0 Å². The van der Waals surface area contributed by atoms with E-state index in [0.717, 1.165) is 23.4 Å². The number of para-hydroxylation sites is 1. The molecule has 0 fully saturated rings. The average Bonchev–Trinajstić information content (AvgIpc) is 3.52. The Morgan fingerprint density at radius 1 is 0.855 bits per heavy atom. The molecule has 0 saturated heterocycles. The summed E-state index contributed by atoms with van der Waals surface area (Å²) < 4.78 is 0. The van der Waals surface area contributed by atoms with Crippen molar-refractivity contribution in [2.45, 2.75) is 129 Å². The summed E-state index contributed by atoms with van der Waals surface area (Å²) in [5, 5.41) is 34.4. The van der Waals surface area contributed by atoms with Crippen molar-refractivity contribution in [2.75, 3.05) is 0 Å². The van der Waals surface area contributed by atoms with Crippen LogP contribution < -0.4 is 37.6 Å². The molecule has 1 heterocycles. The summed E-state index contributed by atoms with van der Waals surface area (Å²) in [5.41, 5.74) is 4.87. The molecule has 0 saturated carbocycles. The maximum absolute atomic E-state index is 13.6. The first kappa shape index (κ1) is 45.8. The third-order valence-corrected chi connectivity index (χ3v) is 9.50. The number of carbonyl (C=O) groups excluding carboxylic acids is 7. The van der Waals surface area contributed by atoms with E-state index in [-0.39, 0.29) is 19.3 Å². The number of amides is 7. The van der Waals surface area contributed by atoms with Crippen LogP contribution >= 0.6 is 0 Å². The molecule has 7 unspecified atom stereocenters. The summed E-state index contributed by atoms with van der Waals surface area (Å²) in [6.07, 6.45) is 0.289. The van der Waals surface area contributed by atoms with E-state index in [0.29, 0.717) is 6.42 Å². The van der Waals surface area contributed by atoms with Gasteiger partial charge in [0.25, 0.3) is 0 Å². The third kappa shape index (κ3) is 12.9. The van der Waals surface area contributed by atoms with Gasteiger partial charge in [0.05, 0.1) is 12.1 Å². The van der Waals surface area contributed by atoms with Crippen LogP contribution in [-0.2, 0) is 44.8 Å². The van der Waals surface area contributed by atoms with E-state index in [2.05, 4.69) is 36.9 Å². The molecule has 304 valence electrons. The van der Waals surface area contributed by atoms with Crippen molar-refractivity contribution < 1.29 is 48.6 Å². The Labute approximate surface area is 319 Å². The molecule has 7 amide bonds. The lowest BCUT2D eigenvalue weighted by molar-refractivity contribution is -0.145. The van der Waals surface area contributed by atoms with Crippen LogP contribution in [0.15, 0.2) is 30.5 Å². The summed E-state index contributed by atoms with van der Waals surface area (Å²) in [6, 6.07) is 2.27. The van der Waals surface area contributed by atoms with Gasteiger partial charge in [0.2, 0.25) is 41.4 Å². The number of aliphatic hydroxyl groups excluding tert-OH is 1. The third-order valence-electron chi connectivity index (χ3n) is 9.50. The van der Waals surface area contributed by atoms with E-state index in [1.165, 1.54) is 27.7 Å². The fourth-order valence-electron chi connectivity index (χ4n) is 5.51. The molecule has 1 aromatic carbocycles. The topological polar surface area (TPSA) is 291 Å². The number of nitrogens with two attached hydrogens (primary N) is 1. The average molecular weight is 773 g/mol. The zero-order valence-corrected chi connectivity index (χ0v) is 32.6. The standard InChI is InChI=1S/C37H56N8O10/c1-9-19(3)28(32(51)43-31(50)26(40-21(5)47)15-16-27(48)41-29(20(4)46)33(52)53)42-34(54)36(6,7)45-35(55)37(8,10-2)44-30(49)24(38)17-22-18-39-25-14-12-11-13-23(22)25/h11-14,18-20,24,26,28-29,39,46H,9-10,15-17,38H2,1-8H3,(H,40,47)(H,41,48)(H,42,54)(H,44,49)(H,45,55)(H,52,53)(H,43,50,51). The second-order valence-corrected chi connectivity index (χ2v) is 14.5. The van der Waals surface area contributed by atoms with Gasteiger partial charge in [-0.3, -0.25) is 38.9 Å². The first-order chi connectivity index (χ1) is 25.6. The number of nitrogens with one attached hydrogen (secondary N) is 7. The molecule has 18 heteroatoms. The summed E-state index contributed by atoms with van der Waals surface area (Å²) >= 11 is 0. The Bertz CT molecular complexity index is 1740. The highest BCUT2D eigenvalue weighted by molar-refractivity contribution is 6.03. The first-order valence-corrected chi connectivity index (χ1v) is 18.1. The zero-order valence-electron chi connectivity index (χ0n) is 32.6. The Hall–Kier alpha value is -5.36. The van der Waals surface area contributed by atoms with E-state index in [4.69, 9.17) is 5.73 Å². The van der Waals surface area contributed by atoms with Crippen molar-refractivity contribution >= 4 is 58.2 Å². The smallest absolute Gasteiger partial charge is 0.328 e. The highest BCUT2D eigenvalue weighted by atomic mass is 16.4. The van der Waals surface area contributed by atoms with Crippen molar-refractivity contribution in [3.8, 4) is 0 Å². The molecule has 11 N–H and O–H groups in total. The molecule has 2 rings (SSSR count). The lowest BCUT2D eigenvalue weighted by Crippen LogP contribution is -2.66. The summed E-state index contributed by atoms with van der Waals surface area (Å²) in [6.45, 7) is 11.7. The van der Waals surface area contributed by atoms with E-state index in [1.54, 1.807) is 27.0 Å². The molecular weight excluding hydrogens is 716 g/mol. The molecule has 0 aliphatic carbocycles. The van der Waals surface area contributed by atoms with E-state index >= 15 is 0 Å². The largest absolute Gasteiger partial charge is 0.480 e. The number of carboxylic acids is 1. The van der Waals surface area contributed by atoms with Crippen molar-refractivity contribution in [1.29, 1.82) is 0 Å². The second kappa shape index (κ2) is 19.8. The van der Waals surface area contributed by atoms with E-state index < -0.39 is 101 Å². The van der Waals surface area contributed by atoms with Gasteiger partial charge in [-0.25, -0.2) is 4.79 Å². The monoisotopic (exact) mass is 772 g/mol. The van der Waals surface area contributed by atoms with E-state index in [1.807, 2.05) is 24.3 Å². The highest BCUT2D eigenvalue weighted by Gasteiger charge is 2.41. The number of hydrogen-bond acceptors (Lipinski definition) is 10. The summed E-state index contributed by atoms with van der Waals surface area (Å²) in [4.78, 5) is 106. The molecule has 0 bridgehead atoms. The van der Waals surface area contributed by atoms with Crippen LogP contribution in [0, 0.1) is 5.92 Å². The minimum Gasteiger partial charge on any atom is -0.480 e. The minimum absolute atomic E-state index is 0.139. The molecule has 55 heavy (non-hydrogen) atoms. The number of benzene rings is 1. The van der Waals surface area contributed by atoms with Gasteiger partial charge in [-0.2, -0.15) is 0 Å². The molecule has 7 atom stereocenters. The maximum Gasteiger partial charge on any atom is 0.328 e. The number of carboxylic acid groups (broad SMARTS) is 1. The first-order valence-electron chi connectivity index (χ1n) is 18.1. The molecule has 0 spiro atoms. The Morgan fingerprint density at radius 3 is 2.05 bits per heavy atom. The molecular formula is C37H56N8O10. The van der Waals surface area contributed by atoms with Crippen molar-refractivity contribution in [3.05, 3.63) is 36.0 Å². The van der Waals surface area contributed by atoms with Crippen LogP contribution in [0.1, 0.15) is 86.6 Å². The quantitative estimate of drug-likeness (QED) is 0.0828. The van der Waals surface area contributed by atoms with Gasteiger partial charge in [0.15, 0.2) is 6.04 Å². The van der Waals surface area contributed by atoms with Gasteiger partial charge in [-0.15, -0.1) is 0 Å². The molecule has 1 aromatic heterocycles. The SMILES string of the molecule is CCC(C)C(NC(=O)C(C)(C)NC(=O)C(C)(CC)NC(=O)C(N)Cc1c[nH]c2ccccc12)C(=O)NC(=O)C(CCC(=O)NC(C(=O)O)C(C)O)NC(C)=O. The number of hydrogen-bond donors (Lipinski definition) is 10. The number of H-pyrrole nitrogens is 1. The van der Waals surface area contributed by atoms with Crippen molar-refractivity contribution in [3.63, 3.8) is 0 Å². The second-order valence-electron chi connectivity index (χ2n) is 14.5. The van der Waals surface area contributed by atoms with Crippen LogP contribution in [-0.4, -0.2) is 104 Å². The van der Waals surface area contributed by atoms with Crippen LogP contribution in [0.25, 0.3) is 10.9 Å². The van der Waals surface area contributed by atoms with Gasteiger partial charge in [-0.1, -0.05) is 45.4 Å². The number of carbonyl (C=O) groups is 8. The van der Waals surface area contributed by atoms with E-state index in [9.17, 15) is 48.6 Å². The van der Waals surface area contributed by atoms with Crippen LogP contribution in [0.2, 0.25) is 0 Å². The number of aromatic amines is 1. The highest BCUT2D eigenvalue weighted by Crippen LogP contribution is 2.20. The maximum atomic E-state index is 13.6. The Kier molecular flexibility index (Phi) is 16.5. The van der Waals surface area contributed by atoms with Crippen molar-refractivity contribution in [2.24, 2.45) is 11.7 Å². The Balaban J connectivity index is 2.12. The summed E-state index contributed by atoms with van der Waals surface area (Å²) in [7, 11) is 0. The van der Waals surface area contributed by atoms with Crippen LogP contribution in [0.4, 0.5) is 0 Å².